The number of nitrogens with one attached hydrogen (secondary N) is 1. The number of alkyl halides is 3. The first kappa shape index (κ1) is 29.0. The number of benzene rings is 3. The molecule has 4 aromatic rings. The van der Waals surface area contributed by atoms with E-state index < -0.39 is 24.4 Å². The number of amides is 1. The van der Waals surface area contributed by atoms with Crippen molar-refractivity contribution in [3.8, 4) is 11.1 Å². The average Bonchev–Trinajstić information content (AvgIpc) is 3.27. The number of hydrogen-bond donors (Lipinski definition) is 1. The number of aryl methyl sites for hydroxylation is 1. The maximum atomic E-state index is 12.8. The van der Waals surface area contributed by atoms with Crippen molar-refractivity contribution in [1.29, 1.82) is 0 Å². The Morgan fingerprint density at radius 1 is 0.907 bits per heavy atom. The lowest BCUT2D eigenvalue weighted by Crippen LogP contribution is -2.47. The Balaban J connectivity index is 1.10. The fourth-order valence-electron chi connectivity index (χ4n) is 6.40. The molecule has 2 aliphatic rings. The van der Waals surface area contributed by atoms with Crippen molar-refractivity contribution in [3.05, 3.63) is 95.6 Å². The lowest BCUT2D eigenvalue weighted by Gasteiger charge is -2.36. The third-order valence-corrected chi connectivity index (χ3v) is 8.49. The summed E-state index contributed by atoms with van der Waals surface area (Å²) < 4.78 is 44.5. The molecule has 0 radical (unpaired) electrons. The number of ether oxygens (including phenoxy) is 1. The van der Waals surface area contributed by atoms with Crippen molar-refractivity contribution in [3.63, 3.8) is 0 Å². The number of aromatic nitrogens is 1. The number of carbonyl (C=O) groups is 1. The van der Waals surface area contributed by atoms with Gasteiger partial charge in [0.15, 0.2) is 5.60 Å². The smallest absolute Gasteiger partial charge is 0.408 e. The van der Waals surface area contributed by atoms with E-state index in [0.717, 1.165) is 84.5 Å². The number of nitrogens with zero attached hydrogens (tertiary/aromatic N) is 3. The van der Waals surface area contributed by atoms with E-state index >= 15 is 0 Å². The number of unbranched alkanes of at least 4 members (excludes halogenated alkanes) is 1. The summed E-state index contributed by atoms with van der Waals surface area (Å²) in [6.45, 7) is 5.14. The quantitative estimate of drug-likeness (QED) is 0.224. The summed E-state index contributed by atoms with van der Waals surface area (Å²) in [5.41, 5.74) is 4.57. The summed E-state index contributed by atoms with van der Waals surface area (Å²) in [4.78, 5) is 22.4. The monoisotopic (exact) mass is 588 g/mol. The van der Waals surface area contributed by atoms with E-state index in [4.69, 9.17) is 9.72 Å². The molecule has 3 aromatic carbocycles. The summed E-state index contributed by atoms with van der Waals surface area (Å²) in [6, 6.07) is 25.9. The third-order valence-electron chi connectivity index (χ3n) is 8.49. The van der Waals surface area contributed by atoms with Gasteiger partial charge >= 0.3 is 12.3 Å². The second kappa shape index (κ2) is 11.9. The summed E-state index contributed by atoms with van der Waals surface area (Å²) >= 11 is 0. The topological polar surface area (TPSA) is 57.7 Å². The van der Waals surface area contributed by atoms with Crippen LogP contribution in [0.25, 0.3) is 22.0 Å². The highest BCUT2D eigenvalue weighted by Crippen LogP contribution is 2.52. The van der Waals surface area contributed by atoms with E-state index in [2.05, 4.69) is 47.1 Å². The van der Waals surface area contributed by atoms with Gasteiger partial charge in [0.1, 0.15) is 12.4 Å². The van der Waals surface area contributed by atoms with Crippen LogP contribution in [0.2, 0.25) is 0 Å². The number of pyridine rings is 1. The minimum atomic E-state index is -4.52. The van der Waals surface area contributed by atoms with Gasteiger partial charge < -0.3 is 15.0 Å². The number of halogens is 3. The summed E-state index contributed by atoms with van der Waals surface area (Å²) in [6.07, 6.45) is -3.52. The molecule has 1 fully saturated rings. The molecule has 1 aliphatic heterocycles. The first-order chi connectivity index (χ1) is 20.7. The summed E-state index contributed by atoms with van der Waals surface area (Å²) in [7, 11) is 0. The molecule has 1 aliphatic carbocycles. The van der Waals surface area contributed by atoms with Crippen LogP contribution in [0.1, 0.15) is 36.0 Å². The largest absolute Gasteiger partial charge is 0.433 e. The van der Waals surface area contributed by atoms with Crippen molar-refractivity contribution in [1.82, 2.24) is 15.2 Å². The zero-order valence-electron chi connectivity index (χ0n) is 24.2. The van der Waals surface area contributed by atoms with Crippen LogP contribution in [0.3, 0.4) is 0 Å². The molecule has 1 aromatic heterocycles. The van der Waals surface area contributed by atoms with Crippen LogP contribution in [0, 0.1) is 6.92 Å². The Hall–Kier alpha value is -4.11. The molecule has 0 atom stereocenters. The molecule has 2 heterocycles. The van der Waals surface area contributed by atoms with Crippen molar-refractivity contribution in [2.24, 2.45) is 0 Å². The molecule has 6 nitrogen and oxygen atoms in total. The fourth-order valence-corrected chi connectivity index (χ4v) is 6.40. The Bertz CT molecular complexity index is 1570. The number of piperazine rings is 1. The van der Waals surface area contributed by atoms with Crippen molar-refractivity contribution >= 4 is 22.8 Å². The van der Waals surface area contributed by atoms with Crippen molar-refractivity contribution in [2.75, 3.05) is 44.2 Å². The molecular weight excluding hydrogens is 553 g/mol. The zero-order chi connectivity index (χ0) is 30.0. The third kappa shape index (κ3) is 6.18. The fraction of sp³-hybridized carbons (Fsp3) is 0.353. The van der Waals surface area contributed by atoms with Crippen molar-refractivity contribution in [2.45, 2.75) is 38.0 Å². The minimum absolute atomic E-state index is 0.473. The molecule has 1 amide bonds. The molecule has 0 spiro atoms. The van der Waals surface area contributed by atoms with Crippen LogP contribution in [0.15, 0.2) is 78.9 Å². The van der Waals surface area contributed by atoms with Gasteiger partial charge in [0.05, 0.1) is 5.52 Å². The highest BCUT2D eigenvalue weighted by molar-refractivity contribution is 5.82. The Morgan fingerprint density at radius 2 is 1.58 bits per heavy atom. The predicted octanol–water partition coefficient (Wildman–Crippen LogP) is 7.05. The van der Waals surface area contributed by atoms with Crippen LogP contribution >= 0.6 is 0 Å². The van der Waals surface area contributed by atoms with Gasteiger partial charge in [-0.1, -0.05) is 60.2 Å². The maximum Gasteiger partial charge on any atom is 0.408 e. The highest BCUT2D eigenvalue weighted by Gasteiger charge is 2.46. The first-order valence-electron chi connectivity index (χ1n) is 14.8. The van der Waals surface area contributed by atoms with Gasteiger partial charge in [-0.25, -0.2) is 9.78 Å². The van der Waals surface area contributed by atoms with Gasteiger partial charge in [0, 0.05) is 42.7 Å². The summed E-state index contributed by atoms with van der Waals surface area (Å²) in [5, 5.41) is 3.05. The number of alkyl carbamates (subject to hydrolysis) is 1. The van der Waals surface area contributed by atoms with Gasteiger partial charge in [-0.15, -0.1) is 0 Å². The molecule has 0 bridgehead atoms. The van der Waals surface area contributed by atoms with Gasteiger partial charge in [-0.3, -0.25) is 4.90 Å². The van der Waals surface area contributed by atoms with E-state index in [0.29, 0.717) is 6.42 Å². The maximum absolute atomic E-state index is 12.8. The summed E-state index contributed by atoms with van der Waals surface area (Å²) in [5.74, 6) is 0.998. The average molecular weight is 589 g/mol. The number of carbonyl (C=O) groups excluding carboxylic acids is 1. The lowest BCUT2D eigenvalue weighted by molar-refractivity contribution is -0.124. The molecule has 9 heteroatoms. The van der Waals surface area contributed by atoms with Crippen LogP contribution in [0.5, 0.6) is 0 Å². The van der Waals surface area contributed by atoms with Crippen LogP contribution < -0.4 is 10.2 Å². The molecule has 6 rings (SSSR count). The zero-order valence-corrected chi connectivity index (χ0v) is 24.2. The SMILES string of the molecule is Cc1ccc2nc(N3CCN(CCCCC4(OC(=O)NCC(F)(F)F)c5ccccc5-c5ccccc54)CC3)ccc2c1. The number of hydrogen-bond acceptors (Lipinski definition) is 5. The van der Waals surface area contributed by atoms with E-state index in [1.54, 1.807) is 0 Å². The van der Waals surface area contributed by atoms with E-state index in [-0.39, 0.29) is 0 Å². The van der Waals surface area contributed by atoms with Crippen LogP contribution in [-0.2, 0) is 10.3 Å². The number of fused-ring (bicyclic) bond motifs is 4. The normalized spacial score (nSPS) is 16.1. The highest BCUT2D eigenvalue weighted by atomic mass is 19.4. The molecule has 1 saturated heterocycles. The van der Waals surface area contributed by atoms with E-state index in [1.165, 1.54) is 5.56 Å². The molecular formula is C34H35F3N4O2. The number of rotatable bonds is 8. The Labute approximate surface area is 249 Å². The van der Waals surface area contributed by atoms with Gasteiger partial charge in [0.25, 0.3) is 0 Å². The van der Waals surface area contributed by atoms with E-state index in [9.17, 15) is 18.0 Å². The first-order valence-corrected chi connectivity index (χ1v) is 14.8. The van der Waals surface area contributed by atoms with Gasteiger partial charge in [-0.05, 0) is 68.1 Å². The minimum Gasteiger partial charge on any atom is -0.433 e. The standard InChI is InChI=1S/C34H35F3N4O2/c1-24-12-14-30-25(22-24)13-15-31(39-30)41-20-18-40(19-21-41)17-7-6-16-33(43-32(42)38-23-34(35,36)37)28-10-4-2-8-26(28)27-9-3-5-11-29(27)33/h2-5,8-15,22H,6-7,16-21,23H2,1H3,(H,38,42). The lowest BCUT2D eigenvalue weighted by atomic mass is 9.86. The number of anilines is 1. The predicted molar refractivity (Wildman–Crippen MR) is 162 cm³/mol. The second-order valence-electron chi connectivity index (χ2n) is 11.4. The molecule has 224 valence electrons. The van der Waals surface area contributed by atoms with Crippen LogP contribution in [-0.4, -0.2) is 61.4 Å². The Kier molecular flexibility index (Phi) is 8.01. The van der Waals surface area contributed by atoms with Gasteiger partial charge in [0.2, 0.25) is 0 Å². The molecule has 0 unspecified atom stereocenters. The van der Waals surface area contributed by atoms with E-state index in [1.807, 2.05) is 53.8 Å². The molecule has 0 saturated carbocycles. The van der Waals surface area contributed by atoms with Crippen LogP contribution in [0.4, 0.5) is 23.8 Å². The molecule has 1 N–H and O–H groups in total. The van der Waals surface area contributed by atoms with Crippen molar-refractivity contribution < 1.29 is 22.7 Å². The molecule has 43 heavy (non-hydrogen) atoms. The van der Waals surface area contributed by atoms with Gasteiger partial charge in [-0.2, -0.15) is 13.2 Å². The second-order valence-corrected chi connectivity index (χ2v) is 11.4. The Morgan fingerprint density at radius 3 is 2.26 bits per heavy atom.